The molecule has 12 heavy (non-hydrogen) atoms. The van der Waals surface area contributed by atoms with Crippen molar-refractivity contribution in [2.45, 2.75) is 39.3 Å². The zero-order valence-electron chi connectivity index (χ0n) is 8.68. The van der Waals surface area contributed by atoms with Crippen LogP contribution < -0.4 is 11.1 Å². The quantitative estimate of drug-likeness (QED) is 0.604. The normalized spacial score (nSPS) is 14.8. The Labute approximate surface area is 75.7 Å². The van der Waals surface area contributed by atoms with Gasteiger partial charge in [0.25, 0.3) is 0 Å². The number of rotatable bonds is 5. The fourth-order valence-corrected chi connectivity index (χ4v) is 0.746. The van der Waals surface area contributed by atoms with Crippen LogP contribution in [0, 0.1) is 0 Å². The highest BCUT2D eigenvalue weighted by Gasteiger charge is 2.08. The minimum Gasteiger partial charge on any atom is -0.375 e. The Morgan fingerprint density at radius 2 is 2.00 bits per heavy atom. The first-order chi connectivity index (χ1) is 5.45. The molecule has 0 unspecified atom stereocenters. The summed E-state index contributed by atoms with van der Waals surface area (Å²) in [5.41, 5.74) is 5.40. The van der Waals surface area contributed by atoms with Crippen molar-refractivity contribution >= 4 is 0 Å². The van der Waals surface area contributed by atoms with Gasteiger partial charge in [-0.05, 0) is 27.7 Å². The SMILES string of the molecule is C[C@H](CN)NCCOC(C)(C)C. The van der Waals surface area contributed by atoms with Crippen molar-refractivity contribution in [3.05, 3.63) is 0 Å². The van der Waals surface area contributed by atoms with Crippen LogP contribution in [0.25, 0.3) is 0 Å². The van der Waals surface area contributed by atoms with Crippen LogP contribution in [0.4, 0.5) is 0 Å². The molecule has 0 heterocycles. The van der Waals surface area contributed by atoms with E-state index in [0.717, 1.165) is 13.2 Å². The summed E-state index contributed by atoms with van der Waals surface area (Å²) in [5.74, 6) is 0. The average molecular weight is 174 g/mol. The molecule has 0 aromatic carbocycles. The molecule has 0 amide bonds. The molecule has 1 atom stereocenters. The zero-order valence-corrected chi connectivity index (χ0v) is 8.68. The van der Waals surface area contributed by atoms with Crippen molar-refractivity contribution in [2.75, 3.05) is 19.7 Å². The molecule has 3 N–H and O–H groups in total. The van der Waals surface area contributed by atoms with Gasteiger partial charge in [0.2, 0.25) is 0 Å². The highest BCUT2D eigenvalue weighted by Crippen LogP contribution is 2.04. The van der Waals surface area contributed by atoms with Crippen LogP contribution in [0.3, 0.4) is 0 Å². The maximum Gasteiger partial charge on any atom is 0.0599 e. The van der Waals surface area contributed by atoms with E-state index in [1.54, 1.807) is 0 Å². The molecule has 0 aromatic rings. The molecule has 0 rings (SSSR count). The highest BCUT2D eigenvalue weighted by molar-refractivity contribution is 4.62. The fourth-order valence-electron chi connectivity index (χ4n) is 0.746. The number of nitrogens with two attached hydrogens (primary N) is 1. The summed E-state index contributed by atoms with van der Waals surface area (Å²) in [7, 11) is 0. The van der Waals surface area contributed by atoms with Gasteiger partial charge in [-0.1, -0.05) is 0 Å². The summed E-state index contributed by atoms with van der Waals surface area (Å²) in [6.45, 7) is 10.5. The first-order valence-corrected chi connectivity index (χ1v) is 4.53. The summed E-state index contributed by atoms with van der Waals surface area (Å²) in [6.07, 6.45) is 0. The summed E-state index contributed by atoms with van der Waals surface area (Å²) in [4.78, 5) is 0. The molecule has 0 radical (unpaired) electrons. The lowest BCUT2D eigenvalue weighted by molar-refractivity contribution is -0.00140. The van der Waals surface area contributed by atoms with E-state index in [1.165, 1.54) is 0 Å². The molecule has 3 heteroatoms. The van der Waals surface area contributed by atoms with Crippen LogP contribution in [-0.4, -0.2) is 31.3 Å². The third kappa shape index (κ3) is 7.98. The average Bonchev–Trinajstić information content (AvgIpc) is 1.96. The summed E-state index contributed by atoms with van der Waals surface area (Å²) in [6, 6.07) is 0.383. The fraction of sp³-hybridized carbons (Fsp3) is 1.00. The van der Waals surface area contributed by atoms with Gasteiger partial charge < -0.3 is 15.8 Å². The van der Waals surface area contributed by atoms with Gasteiger partial charge in [-0.15, -0.1) is 0 Å². The van der Waals surface area contributed by atoms with Crippen molar-refractivity contribution in [2.24, 2.45) is 5.73 Å². The summed E-state index contributed by atoms with van der Waals surface area (Å²) < 4.78 is 5.52. The largest absolute Gasteiger partial charge is 0.375 e. The standard InChI is InChI=1S/C9H22N2O/c1-8(7-10)11-5-6-12-9(2,3)4/h8,11H,5-7,10H2,1-4H3/t8-/m1/s1. The molecule has 0 saturated heterocycles. The van der Waals surface area contributed by atoms with Gasteiger partial charge in [-0.2, -0.15) is 0 Å². The van der Waals surface area contributed by atoms with Crippen LogP contribution in [-0.2, 0) is 4.74 Å². The lowest BCUT2D eigenvalue weighted by Crippen LogP contribution is -2.36. The van der Waals surface area contributed by atoms with Gasteiger partial charge in [0.15, 0.2) is 0 Å². The number of hydrogen-bond donors (Lipinski definition) is 2. The Morgan fingerprint density at radius 3 is 2.42 bits per heavy atom. The Hall–Kier alpha value is -0.120. The van der Waals surface area contributed by atoms with E-state index in [1.807, 2.05) is 0 Å². The lowest BCUT2D eigenvalue weighted by atomic mass is 10.2. The van der Waals surface area contributed by atoms with Crippen LogP contribution in [0.1, 0.15) is 27.7 Å². The van der Waals surface area contributed by atoms with E-state index in [2.05, 4.69) is 33.0 Å². The molecule has 74 valence electrons. The van der Waals surface area contributed by atoms with Gasteiger partial charge >= 0.3 is 0 Å². The smallest absolute Gasteiger partial charge is 0.0599 e. The maximum atomic E-state index is 5.52. The first kappa shape index (κ1) is 11.9. The number of ether oxygens (including phenoxy) is 1. The monoisotopic (exact) mass is 174 g/mol. The molecular formula is C9H22N2O. The van der Waals surface area contributed by atoms with Crippen molar-refractivity contribution < 1.29 is 4.74 Å². The Morgan fingerprint density at radius 1 is 1.42 bits per heavy atom. The molecule has 0 aliphatic heterocycles. The van der Waals surface area contributed by atoms with Gasteiger partial charge in [0, 0.05) is 19.1 Å². The van der Waals surface area contributed by atoms with Crippen molar-refractivity contribution in [3.8, 4) is 0 Å². The van der Waals surface area contributed by atoms with Crippen molar-refractivity contribution in [1.29, 1.82) is 0 Å². The molecule has 0 saturated carbocycles. The molecule has 0 spiro atoms. The summed E-state index contributed by atoms with van der Waals surface area (Å²) >= 11 is 0. The number of hydrogen-bond acceptors (Lipinski definition) is 3. The minimum atomic E-state index is -0.0341. The van der Waals surface area contributed by atoms with Gasteiger partial charge in [0.05, 0.1) is 12.2 Å². The zero-order chi connectivity index (χ0) is 9.61. The molecule has 3 nitrogen and oxygen atoms in total. The minimum absolute atomic E-state index is 0.0341. The molecule has 0 aliphatic carbocycles. The summed E-state index contributed by atoms with van der Waals surface area (Å²) in [5, 5.41) is 3.25. The first-order valence-electron chi connectivity index (χ1n) is 4.53. The second-order valence-corrected chi connectivity index (χ2v) is 4.05. The molecule has 0 bridgehead atoms. The molecule has 0 aromatic heterocycles. The number of nitrogens with one attached hydrogen (secondary N) is 1. The third-order valence-corrected chi connectivity index (χ3v) is 1.48. The third-order valence-electron chi connectivity index (χ3n) is 1.48. The van der Waals surface area contributed by atoms with E-state index in [-0.39, 0.29) is 5.60 Å². The van der Waals surface area contributed by atoms with E-state index >= 15 is 0 Å². The predicted molar refractivity (Wildman–Crippen MR) is 52.2 cm³/mol. The Bertz CT molecular complexity index is 110. The van der Waals surface area contributed by atoms with Crippen LogP contribution in [0.2, 0.25) is 0 Å². The van der Waals surface area contributed by atoms with Crippen LogP contribution in [0.15, 0.2) is 0 Å². The van der Waals surface area contributed by atoms with Crippen LogP contribution >= 0.6 is 0 Å². The topological polar surface area (TPSA) is 47.3 Å². The Balaban J connectivity index is 3.22. The van der Waals surface area contributed by atoms with E-state index in [9.17, 15) is 0 Å². The maximum absolute atomic E-state index is 5.52. The second kappa shape index (κ2) is 5.51. The van der Waals surface area contributed by atoms with E-state index in [4.69, 9.17) is 10.5 Å². The second-order valence-electron chi connectivity index (χ2n) is 4.05. The highest BCUT2D eigenvalue weighted by atomic mass is 16.5. The van der Waals surface area contributed by atoms with Crippen molar-refractivity contribution in [3.63, 3.8) is 0 Å². The van der Waals surface area contributed by atoms with Gasteiger partial charge in [-0.3, -0.25) is 0 Å². The van der Waals surface area contributed by atoms with E-state index in [0.29, 0.717) is 12.6 Å². The Kier molecular flexibility index (Phi) is 5.46. The van der Waals surface area contributed by atoms with Crippen molar-refractivity contribution in [1.82, 2.24) is 5.32 Å². The molecule has 0 fully saturated rings. The molecule has 0 aliphatic rings. The van der Waals surface area contributed by atoms with Crippen LogP contribution in [0.5, 0.6) is 0 Å². The van der Waals surface area contributed by atoms with Gasteiger partial charge in [0.1, 0.15) is 0 Å². The van der Waals surface area contributed by atoms with Gasteiger partial charge in [-0.25, -0.2) is 0 Å². The predicted octanol–water partition coefficient (Wildman–Crippen LogP) is 0.738. The molecular weight excluding hydrogens is 152 g/mol. The lowest BCUT2D eigenvalue weighted by Gasteiger charge is -2.20. The van der Waals surface area contributed by atoms with E-state index < -0.39 is 0 Å².